The largest absolute Gasteiger partial charge is 0.366 e. The van der Waals surface area contributed by atoms with Crippen LogP contribution in [-0.4, -0.2) is 11.7 Å². The van der Waals surface area contributed by atoms with Crippen LogP contribution in [0, 0.1) is 0 Å². The molecule has 14 heavy (non-hydrogen) atoms. The molecule has 4 heteroatoms. The molecule has 0 heterocycles. The first-order valence-electron chi connectivity index (χ1n) is 4.32. The first-order valence-corrected chi connectivity index (χ1v) is 4.32. The van der Waals surface area contributed by atoms with Crippen molar-refractivity contribution < 1.29 is 9.59 Å². The zero-order valence-corrected chi connectivity index (χ0v) is 7.49. The number of nitrogens with two attached hydrogens (primary N) is 2. The number of Topliss-reactive ketones (excluding diaryl/α,β-unsaturated/α-hetero) is 1. The second-order valence-corrected chi connectivity index (χ2v) is 3.37. The van der Waals surface area contributed by atoms with E-state index in [2.05, 4.69) is 0 Å². The van der Waals surface area contributed by atoms with Gasteiger partial charge in [-0.25, -0.2) is 0 Å². The van der Waals surface area contributed by atoms with Crippen LogP contribution in [-0.2, 0) is 0 Å². The van der Waals surface area contributed by atoms with Crippen LogP contribution in [0.2, 0.25) is 0 Å². The highest BCUT2D eigenvalue weighted by molar-refractivity contribution is 6.10. The van der Waals surface area contributed by atoms with Gasteiger partial charge in [0.1, 0.15) is 0 Å². The standard InChI is InChI=1S/C10H10N2O2/c11-7-4-8(13)9-5(7)2-1-3-6(9)10(12)14/h1-3,7H,4,11H2,(H2,12,14)/t7-/m1/s1. The summed E-state index contributed by atoms with van der Waals surface area (Å²) in [5.41, 5.74) is 12.3. The Morgan fingerprint density at radius 3 is 2.79 bits per heavy atom. The molecule has 1 atom stereocenters. The maximum atomic E-state index is 11.5. The lowest BCUT2D eigenvalue weighted by Gasteiger charge is -2.04. The Morgan fingerprint density at radius 2 is 2.14 bits per heavy atom. The van der Waals surface area contributed by atoms with Gasteiger partial charge in [-0.2, -0.15) is 0 Å². The van der Waals surface area contributed by atoms with Crippen molar-refractivity contribution in [3.05, 3.63) is 34.9 Å². The first-order chi connectivity index (χ1) is 6.61. The number of fused-ring (bicyclic) bond motifs is 1. The molecule has 0 aromatic heterocycles. The van der Waals surface area contributed by atoms with Gasteiger partial charge in [0.15, 0.2) is 5.78 Å². The van der Waals surface area contributed by atoms with Crippen molar-refractivity contribution in [1.82, 2.24) is 0 Å². The van der Waals surface area contributed by atoms with E-state index in [0.717, 1.165) is 5.56 Å². The van der Waals surface area contributed by atoms with Crippen molar-refractivity contribution >= 4 is 11.7 Å². The van der Waals surface area contributed by atoms with E-state index in [9.17, 15) is 9.59 Å². The zero-order valence-electron chi connectivity index (χ0n) is 7.49. The predicted molar refractivity (Wildman–Crippen MR) is 50.8 cm³/mol. The van der Waals surface area contributed by atoms with Gasteiger partial charge in [-0.3, -0.25) is 9.59 Å². The summed E-state index contributed by atoms with van der Waals surface area (Å²) in [6.45, 7) is 0. The van der Waals surface area contributed by atoms with Gasteiger partial charge in [0.05, 0.1) is 5.56 Å². The van der Waals surface area contributed by atoms with E-state index in [-0.39, 0.29) is 23.8 Å². The summed E-state index contributed by atoms with van der Waals surface area (Å²) in [4.78, 5) is 22.6. The molecule has 1 amide bonds. The van der Waals surface area contributed by atoms with E-state index in [4.69, 9.17) is 11.5 Å². The second-order valence-electron chi connectivity index (χ2n) is 3.37. The third-order valence-corrected chi connectivity index (χ3v) is 2.45. The number of rotatable bonds is 1. The minimum atomic E-state index is -0.579. The SMILES string of the molecule is NC(=O)c1cccc2c1C(=O)C[C@H]2N. The monoisotopic (exact) mass is 190 g/mol. The van der Waals surface area contributed by atoms with E-state index in [1.165, 1.54) is 0 Å². The number of amides is 1. The fourth-order valence-electron chi connectivity index (χ4n) is 1.81. The Labute approximate surface area is 80.9 Å². The molecule has 0 aliphatic heterocycles. The minimum Gasteiger partial charge on any atom is -0.366 e. The Morgan fingerprint density at radius 1 is 1.43 bits per heavy atom. The van der Waals surface area contributed by atoms with Crippen molar-refractivity contribution in [3.8, 4) is 0 Å². The molecule has 0 bridgehead atoms. The molecule has 4 N–H and O–H groups in total. The lowest BCUT2D eigenvalue weighted by atomic mass is 10.0. The van der Waals surface area contributed by atoms with Crippen LogP contribution in [0.1, 0.15) is 38.7 Å². The molecule has 0 unspecified atom stereocenters. The molecule has 0 saturated carbocycles. The highest BCUT2D eigenvalue weighted by atomic mass is 16.1. The van der Waals surface area contributed by atoms with Crippen LogP contribution >= 0.6 is 0 Å². The molecule has 0 spiro atoms. The Balaban J connectivity index is 2.68. The molecule has 72 valence electrons. The molecule has 4 nitrogen and oxygen atoms in total. The number of ketones is 1. The van der Waals surface area contributed by atoms with Crippen LogP contribution in [0.25, 0.3) is 0 Å². The summed E-state index contributed by atoms with van der Waals surface area (Å²) >= 11 is 0. The maximum absolute atomic E-state index is 11.5. The zero-order chi connectivity index (χ0) is 10.3. The fourth-order valence-corrected chi connectivity index (χ4v) is 1.81. The molecule has 0 radical (unpaired) electrons. The highest BCUT2D eigenvalue weighted by Crippen LogP contribution is 2.31. The lowest BCUT2D eigenvalue weighted by Crippen LogP contribution is -2.15. The summed E-state index contributed by atoms with van der Waals surface area (Å²) in [5, 5.41) is 0. The molecule has 2 rings (SSSR count). The number of benzene rings is 1. The van der Waals surface area contributed by atoms with Crippen LogP contribution < -0.4 is 11.5 Å². The van der Waals surface area contributed by atoms with Gasteiger partial charge in [0, 0.05) is 18.0 Å². The molecular formula is C10H10N2O2. The normalized spacial score (nSPS) is 19.5. The van der Waals surface area contributed by atoms with Crippen molar-refractivity contribution in [2.24, 2.45) is 11.5 Å². The third kappa shape index (κ3) is 1.12. The van der Waals surface area contributed by atoms with Crippen LogP contribution in [0.3, 0.4) is 0 Å². The molecule has 0 fully saturated rings. The quantitative estimate of drug-likeness (QED) is 0.670. The van der Waals surface area contributed by atoms with Gasteiger partial charge in [-0.05, 0) is 11.6 Å². The molecule has 1 aliphatic rings. The van der Waals surface area contributed by atoms with Gasteiger partial charge in [-0.15, -0.1) is 0 Å². The summed E-state index contributed by atoms with van der Waals surface area (Å²) in [6.07, 6.45) is 0.264. The molecule has 1 aromatic carbocycles. The maximum Gasteiger partial charge on any atom is 0.249 e. The first kappa shape index (κ1) is 8.90. The average molecular weight is 190 g/mol. The van der Waals surface area contributed by atoms with Gasteiger partial charge < -0.3 is 11.5 Å². The third-order valence-electron chi connectivity index (χ3n) is 2.45. The molecular weight excluding hydrogens is 180 g/mol. The number of hydrogen-bond acceptors (Lipinski definition) is 3. The summed E-state index contributed by atoms with van der Waals surface area (Å²) in [7, 11) is 0. The van der Waals surface area contributed by atoms with E-state index in [0.29, 0.717) is 5.56 Å². The van der Waals surface area contributed by atoms with Gasteiger partial charge >= 0.3 is 0 Å². The van der Waals surface area contributed by atoms with Crippen molar-refractivity contribution in [2.75, 3.05) is 0 Å². The Hall–Kier alpha value is -1.68. The number of hydrogen-bond donors (Lipinski definition) is 2. The van der Waals surface area contributed by atoms with E-state index in [1.807, 2.05) is 0 Å². The van der Waals surface area contributed by atoms with Crippen LogP contribution in [0.15, 0.2) is 18.2 Å². The van der Waals surface area contributed by atoms with Crippen molar-refractivity contribution in [3.63, 3.8) is 0 Å². The lowest BCUT2D eigenvalue weighted by molar-refractivity contribution is 0.0963. The molecule has 1 aromatic rings. The Kier molecular flexibility index (Phi) is 1.86. The van der Waals surface area contributed by atoms with Crippen LogP contribution in [0.4, 0.5) is 0 Å². The molecule has 0 saturated heterocycles. The number of carbonyl (C=O) groups is 2. The summed E-state index contributed by atoms with van der Waals surface area (Å²) in [5.74, 6) is -0.675. The van der Waals surface area contributed by atoms with Crippen LogP contribution in [0.5, 0.6) is 0 Å². The topological polar surface area (TPSA) is 86.2 Å². The highest BCUT2D eigenvalue weighted by Gasteiger charge is 2.30. The molecule has 1 aliphatic carbocycles. The van der Waals surface area contributed by atoms with E-state index in [1.54, 1.807) is 18.2 Å². The smallest absolute Gasteiger partial charge is 0.249 e. The Bertz CT molecular complexity index is 426. The van der Waals surface area contributed by atoms with E-state index < -0.39 is 5.91 Å². The average Bonchev–Trinajstić information content (AvgIpc) is 2.43. The predicted octanol–water partition coefficient (Wildman–Crippen LogP) is 0.372. The van der Waals surface area contributed by atoms with Gasteiger partial charge in [0.25, 0.3) is 0 Å². The van der Waals surface area contributed by atoms with Gasteiger partial charge in [0.2, 0.25) is 5.91 Å². The summed E-state index contributed by atoms with van der Waals surface area (Å²) in [6, 6.07) is 4.71. The van der Waals surface area contributed by atoms with Crippen molar-refractivity contribution in [2.45, 2.75) is 12.5 Å². The number of carbonyl (C=O) groups excluding carboxylic acids is 2. The van der Waals surface area contributed by atoms with Gasteiger partial charge in [-0.1, -0.05) is 12.1 Å². The van der Waals surface area contributed by atoms with Crippen molar-refractivity contribution in [1.29, 1.82) is 0 Å². The minimum absolute atomic E-state index is 0.0955. The number of primary amides is 1. The summed E-state index contributed by atoms with van der Waals surface area (Å²) < 4.78 is 0. The fraction of sp³-hybridized carbons (Fsp3) is 0.200. The van der Waals surface area contributed by atoms with E-state index >= 15 is 0 Å². The second kappa shape index (κ2) is 2.92.